The average molecular weight is 477 g/mol. The predicted octanol–water partition coefficient (Wildman–Crippen LogP) is 4.64. The SMILES string of the molecule is O=C(/C=C/c1c(Cl)nc2sccn12)Nc1ccccc1NS(=O)(=O)c1ccc(F)cc1. The van der Waals surface area contributed by atoms with E-state index in [9.17, 15) is 17.6 Å². The van der Waals surface area contributed by atoms with Crippen molar-refractivity contribution in [1.29, 1.82) is 0 Å². The number of hydrogen-bond donors (Lipinski definition) is 2. The van der Waals surface area contributed by atoms with Crippen LogP contribution >= 0.6 is 22.9 Å². The fourth-order valence-corrected chi connectivity index (χ4v) is 4.84. The summed E-state index contributed by atoms with van der Waals surface area (Å²) in [5.74, 6) is -1.04. The lowest BCUT2D eigenvalue weighted by atomic mass is 10.2. The van der Waals surface area contributed by atoms with Gasteiger partial charge in [0.1, 0.15) is 5.82 Å². The highest BCUT2D eigenvalue weighted by atomic mass is 35.5. The van der Waals surface area contributed by atoms with E-state index in [2.05, 4.69) is 15.0 Å². The lowest BCUT2D eigenvalue weighted by Crippen LogP contribution is -2.16. The van der Waals surface area contributed by atoms with Gasteiger partial charge in [0.05, 0.1) is 22.0 Å². The molecule has 0 bridgehead atoms. The Labute approximate surface area is 185 Å². The quantitative estimate of drug-likeness (QED) is 0.396. The smallest absolute Gasteiger partial charge is 0.261 e. The number of hydrogen-bond acceptors (Lipinski definition) is 5. The van der Waals surface area contributed by atoms with Gasteiger partial charge >= 0.3 is 0 Å². The van der Waals surface area contributed by atoms with E-state index in [1.54, 1.807) is 28.8 Å². The number of sulfonamides is 1. The number of carbonyl (C=O) groups excluding carboxylic acids is 1. The van der Waals surface area contributed by atoms with Crippen LogP contribution in [-0.2, 0) is 14.8 Å². The average Bonchev–Trinajstić information content (AvgIpc) is 3.29. The van der Waals surface area contributed by atoms with Crippen molar-refractivity contribution in [2.75, 3.05) is 10.0 Å². The van der Waals surface area contributed by atoms with Gasteiger partial charge in [-0.15, -0.1) is 11.3 Å². The molecular formula is C20H14ClFN4O3S2. The summed E-state index contributed by atoms with van der Waals surface area (Å²) in [6.45, 7) is 0. The maximum absolute atomic E-state index is 13.1. The number of imidazole rings is 1. The van der Waals surface area contributed by atoms with E-state index in [1.807, 2.05) is 5.38 Å². The zero-order valence-corrected chi connectivity index (χ0v) is 18.0. The number of halogens is 2. The topological polar surface area (TPSA) is 92.6 Å². The monoisotopic (exact) mass is 476 g/mol. The lowest BCUT2D eigenvalue weighted by molar-refractivity contribution is -0.111. The van der Waals surface area contributed by atoms with E-state index in [1.165, 1.54) is 29.6 Å². The van der Waals surface area contributed by atoms with Gasteiger partial charge in [-0.1, -0.05) is 23.7 Å². The Morgan fingerprint density at radius 1 is 1.13 bits per heavy atom. The summed E-state index contributed by atoms with van der Waals surface area (Å²) in [5.41, 5.74) is 0.970. The van der Waals surface area contributed by atoms with Gasteiger partial charge in [-0.3, -0.25) is 13.9 Å². The number of aromatic nitrogens is 2. The molecule has 2 heterocycles. The second-order valence-corrected chi connectivity index (χ2v) is 9.18. The molecule has 158 valence electrons. The first-order valence-corrected chi connectivity index (χ1v) is 11.5. The minimum absolute atomic E-state index is 0.106. The molecule has 0 aliphatic heterocycles. The zero-order chi connectivity index (χ0) is 22.0. The summed E-state index contributed by atoms with van der Waals surface area (Å²) >= 11 is 7.52. The van der Waals surface area contributed by atoms with Crippen LogP contribution in [0.4, 0.5) is 15.8 Å². The second kappa shape index (κ2) is 8.50. The van der Waals surface area contributed by atoms with Crippen LogP contribution in [0.3, 0.4) is 0 Å². The predicted molar refractivity (Wildman–Crippen MR) is 119 cm³/mol. The molecule has 0 saturated carbocycles. The number of anilines is 2. The van der Waals surface area contributed by atoms with Gasteiger partial charge in [0.15, 0.2) is 10.1 Å². The Hall–Kier alpha value is -3.21. The van der Waals surface area contributed by atoms with Crippen molar-refractivity contribution >= 4 is 61.3 Å². The Bertz CT molecular complexity index is 1400. The molecule has 2 N–H and O–H groups in total. The fraction of sp³-hybridized carbons (Fsp3) is 0. The summed E-state index contributed by atoms with van der Waals surface area (Å²) < 4.78 is 42.4. The molecule has 7 nitrogen and oxygen atoms in total. The Morgan fingerprint density at radius 3 is 2.58 bits per heavy atom. The highest BCUT2D eigenvalue weighted by molar-refractivity contribution is 7.92. The Kier molecular flexibility index (Phi) is 5.77. The zero-order valence-electron chi connectivity index (χ0n) is 15.6. The van der Waals surface area contributed by atoms with Gasteiger partial charge in [0.2, 0.25) is 5.91 Å². The summed E-state index contributed by atoms with van der Waals surface area (Å²) in [6, 6.07) is 10.7. The third kappa shape index (κ3) is 4.61. The number of nitrogens with one attached hydrogen (secondary N) is 2. The number of benzene rings is 2. The maximum atomic E-state index is 13.1. The van der Waals surface area contributed by atoms with Gasteiger partial charge in [-0.05, 0) is 42.5 Å². The number of carbonyl (C=O) groups is 1. The lowest BCUT2D eigenvalue weighted by Gasteiger charge is -2.13. The van der Waals surface area contributed by atoms with Crippen molar-refractivity contribution in [3.05, 3.63) is 82.8 Å². The molecule has 4 aromatic rings. The third-order valence-electron chi connectivity index (χ3n) is 4.20. The molecule has 0 atom stereocenters. The minimum atomic E-state index is -3.97. The summed E-state index contributed by atoms with van der Waals surface area (Å²) in [5, 5.41) is 4.75. The molecule has 4 rings (SSSR count). The van der Waals surface area contributed by atoms with Crippen molar-refractivity contribution in [2.45, 2.75) is 4.90 Å². The maximum Gasteiger partial charge on any atom is 0.261 e. The van der Waals surface area contributed by atoms with Crippen LogP contribution in [0, 0.1) is 5.82 Å². The van der Waals surface area contributed by atoms with Crippen LogP contribution in [0.2, 0.25) is 5.15 Å². The number of fused-ring (bicyclic) bond motifs is 1. The van der Waals surface area contributed by atoms with Crippen LogP contribution < -0.4 is 10.0 Å². The van der Waals surface area contributed by atoms with Crippen LogP contribution in [0.5, 0.6) is 0 Å². The number of para-hydroxylation sites is 2. The van der Waals surface area contributed by atoms with Crippen molar-refractivity contribution in [3.63, 3.8) is 0 Å². The van der Waals surface area contributed by atoms with Crippen LogP contribution in [0.15, 0.2) is 71.1 Å². The minimum Gasteiger partial charge on any atom is -0.321 e. The Morgan fingerprint density at radius 2 is 1.84 bits per heavy atom. The van der Waals surface area contributed by atoms with Crippen molar-refractivity contribution in [2.24, 2.45) is 0 Å². The molecule has 2 aromatic heterocycles. The molecule has 31 heavy (non-hydrogen) atoms. The molecule has 0 radical (unpaired) electrons. The first kappa shape index (κ1) is 21.0. The van der Waals surface area contributed by atoms with Gasteiger partial charge in [-0.2, -0.15) is 0 Å². The van der Waals surface area contributed by atoms with Crippen molar-refractivity contribution < 1.29 is 17.6 Å². The molecule has 2 aromatic carbocycles. The van der Waals surface area contributed by atoms with Crippen LogP contribution in [0.1, 0.15) is 5.69 Å². The van der Waals surface area contributed by atoms with Crippen LogP contribution in [0.25, 0.3) is 11.0 Å². The molecule has 0 fully saturated rings. The molecule has 11 heteroatoms. The van der Waals surface area contributed by atoms with E-state index >= 15 is 0 Å². The normalized spacial score (nSPS) is 11.8. The highest BCUT2D eigenvalue weighted by Crippen LogP contribution is 2.25. The molecular weight excluding hydrogens is 463 g/mol. The van der Waals surface area contributed by atoms with Gasteiger partial charge in [0.25, 0.3) is 10.0 Å². The van der Waals surface area contributed by atoms with E-state index in [4.69, 9.17) is 11.6 Å². The number of nitrogens with zero attached hydrogens (tertiary/aromatic N) is 2. The molecule has 0 aliphatic carbocycles. The largest absolute Gasteiger partial charge is 0.321 e. The highest BCUT2D eigenvalue weighted by Gasteiger charge is 2.16. The van der Waals surface area contributed by atoms with E-state index < -0.39 is 21.7 Å². The van der Waals surface area contributed by atoms with Gasteiger partial charge in [0, 0.05) is 17.7 Å². The number of amides is 1. The van der Waals surface area contributed by atoms with E-state index in [0.29, 0.717) is 10.7 Å². The van der Waals surface area contributed by atoms with E-state index in [0.717, 1.165) is 24.3 Å². The second-order valence-electron chi connectivity index (χ2n) is 6.27. The molecule has 0 spiro atoms. The Balaban J connectivity index is 1.53. The molecule has 0 saturated heterocycles. The fourth-order valence-electron chi connectivity index (χ4n) is 2.75. The summed E-state index contributed by atoms with van der Waals surface area (Å²) in [7, 11) is -3.97. The first-order chi connectivity index (χ1) is 14.8. The van der Waals surface area contributed by atoms with Crippen molar-refractivity contribution in [3.8, 4) is 0 Å². The van der Waals surface area contributed by atoms with E-state index in [-0.39, 0.29) is 21.4 Å². The van der Waals surface area contributed by atoms with Gasteiger partial charge in [-0.25, -0.2) is 17.8 Å². The van der Waals surface area contributed by atoms with Crippen LogP contribution in [-0.4, -0.2) is 23.7 Å². The molecule has 1 amide bonds. The third-order valence-corrected chi connectivity index (χ3v) is 6.62. The summed E-state index contributed by atoms with van der Waals surface area (Å²) in [6.07, 6.45) is 4.59. The molecule has 0 aliphatic rings. The number of thiazole rings is 1. The molecule has 0 unspecified atom stereocenters. The van der Waals surface area contributed by atoms with Crippen molar-refractivity contribution in [1.82, 2.24) is 9.38 Å². The standard InChI is InChI=1S/C20H14ClFN4O3S2/c21-19-17(26-11-12-30-20(26)24-19)9-10-18(27)23-15-3-1-2-4-16(15)25-31(28,29)14-7-5-13(22)6-8-14/h1-12,25H,(H,23,27)/b10-9+. The summed E-state index contributed by atoms with van der Waals surface area (Å²) in [4.78, 5) is 17.2. The van der Waals surface area contributed by atoms with Gasteiger partial charge < -0.3 is 5.32 Å². The first-order valence-electron chi connectivity index (χ1n) is 8.81. The number of rotatable bonds is 6.